The highest BCUT2D eigenvalue weighted by atomic mass is 16.7. The number of aliphatic hydroxyl groups is 2. The number of ketones is 3. The zero-order chi connectivity index (χ0) is 52.7. The van der Waals surface area contributed by atoms with E-state index in [1.807, 2.05) is 51.2 Å². The molecule has 2 N–H and O–H groups in total. The van der Waals surface area contributed by atoms with Gasteiger partial charge < -0.3 is 43.5 Å². The van der Waals surface area contributed by atoms with Crippen molar-refractivity contribution in [3.63, 3.8) is 0 Å². The molecule has 15 atom stereocenters. The minimum Gasteiger partial charge on any atom is -0.460 e. The van der Waals surface area contributed by atoms with Crippen molar-refractivity contribution in [3.05, 3.63) is 47.6 Å². The standard InChI is InChI=1S/C54H84N2O15/c1-32-18-14-13-15-19-33(2)44(65-9)30-40-23-21-38(7)54(64,71-40)50(60)51(61)56-25-17-16-20-41(56)52(62)69-45(31-42(57)34(3)27-37(6)48(59)49(67-11)47(58)36(5)26-32)35(4)28-39-22-24-43(46(29-39)66-10)70-53(63)55(8)68-12/h13-15,18-19,27,32,34-36,38-41,43-46,48-49,59,64H,16-17,20-26,28-31H2,1-12H3/b15-13?,18-14+,33-19?,37-27+/t32-,34-,35-,36+,38-,39+,40+,41+,43-,44+,45+,46-,48-,49+,54-/m1/s1. The average molecular weight is 1000 g/mol. The lowest BCUT2D eigenvalue weighted by Crippen LogP contribution is -2.61. The fraction of sp³-hybridized carbons (Fsp3) is 0.741. The maximum Gasteiger partial charge on any atom is 0.434 e. The van der Waals surface area contributed by atoms with Crippen LogP contribution < -0.4 is 0 Å². The number of allylic oxidation sites excluding steroid dienone is 6. The van der Waals surface area contributed by atoms with Gasteiger partial charge in [0, 0.05) is 65.5 Å². The second kappa shape index (κ2) is 27.8. The number of aliphatic hydroxyl groups excluding tert-OH is 1. The summed E-state index contributed by atoms with van der Waals surface area (Å²) >= 11 is 0. The van der Waals surface area contributed by atoms with Crippen molar-refractivity contribution in [1.82, 2.24) is 9.96 Å². The topological polar surface area (TPSA) is 214 Å². The van der Waals surface area contributed by atoms with Gasteiger partial charge in [0.15, 0.2) is 5.78 Å². The van der Waals surface area contributed by atoms with Gasteiger partial charge in [-0.3, -0.25) is 24.0 Å². The molecule has 17 heteroatoms. The Balaban J connectivity index is 1.69. The summed E-state index contributed by atoms with van der Waals surface area (Å²) in [5.41, 5.74) is 1.24. The fourth-order valence-electron chi connectivity index (χ4n) is 10.5. The summed E-state index contributed by atoms with van der Waals surface area (Å²) in [7, 11) is 7.30. The Kier molecular flexibility index (Phi) is 23.3. The Bertz CT molecular complexity index is 1950. The molecule has 17 nitrogen and oxygen atoms in total. The summed E-state index contributed by atoms with van der Waals surface area (Å²) in [4.78, 5) is 89.8. The van der Waals surface area contributed by atoms with Gasteiger partial charge in [0.2, 0.25) is 5.79 Å². The first-order valence-corrected chi connectivity index (χ1v) is 25.6. The van der Waals surface area contributed by atoms with Crippen LogP contribution in [0.2, 0.25) is 0 Å². The second-order valence-electron chi connectivity index (χ2n) is 20.6. The lowest BCUT2D eigenvalue weighted by molar-refractivity contribution is -0.265. The van der Waals surface area contributed by atoms with Crippen molar-refractivity contribution in [2.24, 2.45) is 35.5 Å². The van der Waals surface area contributed by atoms with Gasteiger partial charge in [0.1, 0.15) is 36.2 Å². The number of rotatable bonds is 8. The Hall–Kier alpha value is -4.10. The van der Waals surface area contributed by atoms with Crippen LogP contribution in [0.15, 0.2) is 47.6 Å². The molecule has 3 aliphatic heterocycles. The van der Waals surface area contributed by atoms with Crippen LogP contribution in [0.25, 0.3) is 0 Å². The molecule has 1 aliphatic carbocycles. The van der Waals surface area contributed by atoms with Crippen LogP contribution >= 0.6 is 0 Å². The molecule has 0 unspecified atom stereocenters. The second-order valence-corrected chi connectivity index (χ2v) is 20.6. The third-order valence-corrected chi connectivity index (χ3v) is 15.2. The van der Waals surface area contributed by atoms with Crippen LogP contribution in [0.5, 0.6) is 0 Å². The van der Waals surface area contributed by atoms with Gasteiger partial charge in [0.25, 0.3) is 11.7 Å². The zero-order valence-corrected chi connectivity index (χ0v) is 44.3. The summed E-state index contributed by atoms with van der Waals surface area (Å²) in [5.74, 6) is -8.34. The SMILES string of the molecule is CO[C@H]1C[C@@H]2CC[C@@H](C)[C@@](O)(O2)C(=O)C(=O)N2CCCC[C@H]2C(=O)O[C@H]([C@H](C)C[C@@H]2CC[C@@H](OC(=O)N(C)OC)[C@H](OC)C2)CC(=O)[C@H](C)/C=C(\C)[C@@H](O)[C@@H](OC)C(=O)[C@@H](C)C[C@H](C)/C=C/C=CC=C1C. The number of methoxy groups -OCH3 is 3. The largest absolute Gasteiger partial charge is 0.460 e. The molecule has 3 heterocycles. The molecule has 2 bridgehead atoms. The van der Waals surface area contributed by atoms with E-state index in [4.69, 9.17) is 33.3 Å². The Morgan fingerprint density at radius 2 is 1.59 bits per heavy atom. The van der Waals surface area contributed by atoms with E-state index in [9.17, 15) is 39.0 Å². The highest BCUT2D eigenvalue weighted by Gasteiger charge is 2.53. The summed E-state index contributed by atoms with van der Waals surface area (Å²) < 4.78 is 35.4. The molecule has 0 spiro atoms. The van der Waals surface area contributed by atoms with E-state index >= 15 is 0 Å². The average Bonchev–Trinajstić information content (AvgIpc) is 3.35. The third-order valence-electron chi connectivity index (χ3n) is 15.2. The van der Waals surface area contributed by atoms with Gasteiger partial charge in [-0.1, -0.05) is 71.1 Å². The van der Waals surface area contributed by atoms with Crippen molar-refractivity contribution in [2.45, 2.75) is 180 Å². The van der Waals surface area contributed by atoms with E-state index in [0.717, 1.165) is 10.6 Å². The highest BCUT2D eigenvalue weighted by molar-refractivity contribution is 6.39. The number of hydrogen-bond acceptors (Lipinski definition) is 15. The summed E-state index contributed by atoms with van der Waals surface area (Å²) in [6.45, 7) is 12.6. The number of fused-ring (bicyclic) bond motifs is 3. The maximum absolute atomic E-state index is 14.5. The van der Waals surface area contributed by atoms with Crippen molar-refractivity contribution in [1.29, 1.82) is 0 Å². The Morgan fingerprint density at radius 1 is 0.873 bits per heavy atom. The number of piperidine rings is 1. The van der Waals surface area contributed by atoms with Crippen LogP contribution in [-0.4, -0.2) is 152 Å². The van der Waals surface area contributed by atoms with Gasteiger partial charge >= 0.3 is 12.1 Å². The predicted octanol–water partition coefficient (Wildman–Crippen LogP) is 6.82. The first-order valence-electron chi connectivity index (χ1n) is 25.6. The highest BCUT2D eigenvalue weighted by Crippen LogP contribution is 2.38. The van der Waals surface area contributed by atoms with Gasteiger partial charge in [-0.25, -0.2) is 9.59 Å². The molecule has 2 amide bonds. The van der Waals surface area contributed by atoms with E-state index in [1.165, 1.54) is 26.2 Å². The summed E-state index contributed by atoms with van der Waals surface area (Å²) in [5, 5.41) is 24.5. The van der Waals surface area contributed by atoms with Crippen LogP contribution in [-0.2, 0) is 57.2 Å². The molecular weight excluding hydrogens is 917 g/mol. The molecule has 3 fully saturated rings. The first-order chi connectivity index (χ1) is 33.6. The normalized spacial score (nSPS) is 36.7. The van der Waals surface area contributed by atoms with E-state index in [1.54, 1.807) is 48.0 Å². The number of carbonyl (C=O) groups excluding carboxylic acids is 6. The molecule has 0 aromatic carbocycles. The van der Waals surface area contributed by atoms with E-state index < -0.39 is 102 Å². The fourth-order valence-corrected chi connectivity index (χ4v) is 10.5. The lowest BCUT2D eigenvalue weighted by Gasteiger charge is -2.42. The monoisotopic (exact) mass is 1000 g/mol. The molecule has 2 saturated heterocycles. The van der Waals surface area contributed by atoms with Gasteiger partial charge in [-0.2, -0.15) is 5.06 Å². The number of esters is 1. The minimum atomic E-state index is -2.45. The number of ether oxygens (including phenoxy) is 6. The molecule has 0 radical (unpaired) electrons. The molecule has 1 saturated carbocycles. The number of cyclic esters (lactones) is 1. The predicted molar refractivity (Wildman–Crippen MR) is 264 cm³/mol. The number of amides is 2. The molecule has 0 aromatic rings. The van der Waals surface area contributed by atoms with Crippen LogP contribution in [0.4, 0.5) is 4.79 Å². The van der Waals surface area contributed by atoms with Crippen molar-refractivity contribution >= 4 is 35.3 Å². The quantitative estimate of drug-likeness (QED) is 0.111. The van der Waals surface area contributed by atoms with Crippen molar-refractivity contribution < 1.29 is 72.2 Å². The molecule has 0 aromatic heterocycles. The molecule has 4 aliphatic rings. The number of hydroxylamine groups is 2. The van der Waals surface area contributed by atoms with Crippen molar-refractivity contribution in [2.75, 3.05) is 42.0 Å². The molecule has 400 valence electrons. The van der Waals surface area contributed by atoms with Gasteiger partial charge in [0.05, 0.1) is 25.4 Å². The molecule has 71 heavy (non-hydrogen) atoms. The smallest absolute Gasteiger partial charge is 0.434 e. The summed E-state index contributed by atoms with van der Waals surface area (Å²) in [6, 6.07) is -1.18. The number of carbonyl (C=O) groups is 6. The van der Waals surface area contributed by atoms with Crippen LogP contribution in [0, 0.1) is 35.5 Å². The molecule has 4 rings (SSSR count). The lowest BCUT2D eigenvalue weighted by atomic mass is 9.78. The maximum atomic E-state index is 14.5. The van der Waals surface area contributed by atoms with Crippen molar-refractivity contribution in [3.8, 4) is 0 Å². The van der Waals surface area contributed by atoms with Gasteiger partial charge in [-0.15, -0.1) is 0 Å². The van der Waals surface area contributed by atoms with E-state index in [-0.39, 0.29) is 42.8 Å². The van der Waals surface area contributed by atoms with Crippen LogP contribution in [0.1, 0.15) is 126 Å². The third kappa shape index (κ3) is 15.9. The summed E-state index contributed by atoms with van der Waals surface area (Å²) in [6.07, 6.45) is 9.88. The number of nitrogens with zero attached hydrogens (tertiary/aromatic N) is 2. The molecular formula is C54H84N2O15. The minimum absolute atomic E-state index is 0.00393. The van der Waals surface area contributed by atoms with Gasteiger partial charge in [-0.05, 0) is 107 Å². The van der Waals surface area contributed by atoms with E-state index in [0.29, 0.717) is 69.8 Å². The Labute approximate surface area is 421 Å². The van der Waals surface area contributed by atoms with Crippen LogP contribution in [0.3, 0.4) is 0 Å². The number of Topliss-reactive ketones (excluding diaryl/α,β-unsaturated/α-hetero) is 3. The number of hydrogen-bond donors (Lipinski definition) is 2. The zero-order valence-electron chi connectivity index (χ0n) is 44.3. The van der Waals surface area contributed by atoms with E-state index in [2.05, 4.69) is 0 Å². The Morgan fingerprint density at radius 3 is 2.25 bits per heavy atom. The first kappa shape index (κ1) is 59.5.